The van der Waals surface area contributed by atoms with Crippen molar-refractivity contribution in [2.45, 2.75) is 32.2 Å². The highest BCUT2D eigenvalue weighted by Crippen LogP contribution is 2.33. The van der Waals surface area contributed by atoms with Crippen LogP contribution in [-0.2, 0) is 6.42 Å². The summed E-state index contributed by atoms with van der Waals surface area (Å²) in [6.07, 6.45) is 2.92. The summed E-state index contributed by atoms with van der Waals surface area (Å²) in [6, 6.07) is 16.1. The number of nitrogens with one attached hydrogen (secondary N) is 1. The molecule has 0 saturated carbocycles. The Hall–Kier alpha value is -2.49. The molecule has 2 aromatic rings. The lowest BCUT2D eigenvalue weighted by Gasteiger charge is -2.26. The van der Waals surface area contributed by atoms with Gasteiger partial charge in [-0.1, -0.05) is 37.3 Å². The van der Waals surface area contributed by atoms with Crippen molar-refractivity contribution in [3.8, 4) is 5.75 Å². The number of hydrogen-bond acceptors (Lipinski definition) is 2. The van der Waals surface area contributed by atoms with Crippen molar-refractivity contribution in [1.29, 1.82) is 0 Å². The first-order valence-corrected chi connectivity index (χ1v) is 8.52. The first-order chi connectivity index (χ1) is 11.7. The molecule has 2 aromatic carbocycles. The van der Waals surface area contributed by atoms with E-state index < -0.39 is 0 Å². The van der Waals surface area contributed by atoms with Crippen LogP contribution in [0, 0.1) is 0 Å². The van der Waals surface area contributed by atoms with Crippen molar-refractivity contribution in [3.05, 3.63) is 59.7 Å². The van der Waals surface area contributed by atoms with Crippen LogP contribution in [-0.4, -0.2) is 24.6 Å². The van der Waals surface area contributed by atoms with E-state index in [1.807, 2.05) is 35.2 Å². The number of anilines is 1. The highest BCUT2D eigenvalue weighted by molar-refractivity contribution is 5.90. The number of ether oxygens (including phenoxy) is 1. The average molecular weight is 324 g/mol. The summed E-state index contributed by atoms with van der Waals surface area (Å²) in [6.45, 7) is 2.89. The third-order valence-electron chi connectivity index (χ3n) is 4.65. The maximum absolute atomic E-state index is 12.8. The maximum Gasteiger partial charge on any atom is 0.322 e. The number of para-hydroxylation sites is 1. The SMILES string of the molecule is CCc1ccccc1NC(=O)N1CCCC1c1ccc(OC)cc1. The molecular formula is C20H24N2O2. The molecule has 1 atom stereocenters. The van der Waals surface area contributed by atoms with E-state index >= 15 is 0 Å². The van der Waals surface area contributed by atoms with E-state index in [1.165, 1.54) is 0 Å². The number of amides is 2. The first kappa shape index (κ1) is 16.4. The molecule has 24 heavy (non-hydrogen) atoms. The van der Waals surface area contributed by atoms with E-state index in [-0.39, 0.29) is 12.1 Å². The van der Waals surface area contributed by atoms with Crippen molar-refractivity contribution in [2.24, 2.45) is 0 Å². The minimum atomic E-state index is -0.0192. The minimum Gasteiger partial charge on any atom is -0.497 e. The van der Waals surface area contributed by atoms with Gasteiger partial charge in [-0.05, 0) is 48.6 Å². The molecule has 1 fully saturated rings. The second-order valence-corrected chi connectivity index (χ2v) is 6.07. The van der Waals surface area contributed by atoms with Gasteiger partial charge in [0.2, 0.25) is 0 Å². The Morgan fingerprint density at radius 2 is 1.96 bits per heavy atom. The summed E-state index contributed by atoms with van der Waals surface area (Å²) in [5.74, 6) is 0.838. The van der Waals surface area contributed by atoms with Gasteiger partial charge in [-0.3, -0.25) is 0 Å². The van der Waals surface area contributed by atoms with E-state index in [9.17, 15) is 4.79 Å². The van der Waals surface area contributed by atoms with Crippen molar-refractivity contribution >= 4 is 11.7 Å². The van der Waals surface area contributed by atoms with Crippen molar-refractivity contribution in [1.82, 2.24) is 4.90 Å². The third kappa shape index (κ3) is 3.37. The molecular weight excluding hydrogens is 300 g/mol. The van der Waals surface area contributed by atoms with E-state index in [0.717, 1.165) is 48.4 Å². The fraction of sp³-hybridized carbons (Fsp3) is 0.350. The standard InChI is InChI=1S/C20H24N2O2/c1-3-15-7-4-5-8-18(15)21-20(23)22-14-6-9-19(22)16-10-12-17(24-2)13-11-16/h4-5,7-8,10-13,19H,3,6,9,14H2,1-2H3,(H,21,23). The fourth-order valence-corrected chi connectivity index (χ4v) is 3.32. The maximum atomic E-state index is 12.8. The number of carbonyl (C=O) groups excluding carboxylic acids is 1. The van der Waals surface area contributed by atoms with Gasteiger partial charge in [0.25, 0.3) is 0 Å². The molecule has 126 valence electrons. The Bertz CT molecular complexity index is 697. The Morgan fingerprint density at radius 3 is 2.67 bits per heavy atom. The molecule has 0 bridgehead atoms. The van der Waals surface area contributed by atoms with Gasteiger partial charge in [-0.2, -0.15) is 0 Å². The lowest BCUT2D eigenvalue weighted by molar-refractivity contribution is 0.207. The van der Waals surface area contributed by atoms with Crippen LogP contribution in [0.3, 0.4) is 0 Å². The molecule has 0 spiro atoms. The molecule has 1 heterocycles. The average Bonchev–Trinajstić information content (AvgIpc) is 3.12. The zero-order valence-corrected chi connectivity index (χ0v) is 14.3. The van der Waals surface area contributed by atoms with E-state index in [4.69, 9.17) is 4.74 Å². The lowest BCUT2D eigenvalue weighted by atomic mass is 10.0. The molecule has 1 aliphatic rings. The normalized spacial score (nSPS) is 16.9. The van der Waals surface area contributed by atoms with Gasteiger partial charge in [-0.15, -0.1) is 0 Å². The third-order valence-corrected chi connectivity index (χ3v) is 4.65. The van der Waals surface area contributed by atoms with E-state index in [0.29, 0.717) is 0 Å². The molecule has 4 heteroatoms. The van der Waals surface area contributed by atoms with E-state index in [1.54, 1.807) is 7.11 Å². The topological polar surface area (TPSA) is 41.6 Å². The van der Waals surface area contributed by atoms with Gasteiger partial charge in [0.05, 0.1) is 13.2 Å². The number of urea groups is 1. The van der Waals surface area contributed by atoms with Gasteiger partial charge in [0, 0.05) is 12.2 Å². The van der Waals surface area contributed by atoms with Crippen molar-refractivity contribution < 1.29 is 9.53 Å². The zero-order valence-electron chi connectivity index (χ0n) is 14.3. The zero-order chi connectivity index (χ0) is 16.9. The molecule has 1 N–H and O–H groups in total. The molecule has 1 saturated heterocycles. The number of methoxy groups -OCH3 is 1. The summed E-state index contributed by atoms with van der Waals surface area (Å²) in [5, 5.41) is 3.09. The predicted octanol–water partition coefficient (Wildman–Crippen LogP) is 4.63. The van der Waals surface area contributed by atoms with Gasteiger partial charge < -0.3 is 15.0 Å². The summed E-state index contributed by atoms with van der Waals surface area (Å²) in [5.41, 5.74) is 3.23. The van der Waals surface area contributed by atoms with Crippen LogP contribution in [0.1, 0.15) is 36.9 Å². The van der Waals surface area contributed by atoms with Crippen LogP contribution in [0.5, 0.6) is 5.75 Å². The van der Waals surface area contributed by atoms with Gasteiger partial charge >= 0.3 is 6.03 Å². The highest BCUT2D eigenvalue weighted by atomic mass is 16.5. The van der Waals surface area contributed by atoms with Crippen LogP contribution < -0.4 is 10.1 Å². The van der Waals surface area contributed by atoms with Gasteiger partial charge in [0.15, 0.2) is 0 Å². The van der Waals surface area contributed by atoms with Crippen molar-refractivity contribution in [3.63, 3.8) is 0 Å². The Balaban J connectivity index is 1.75. The summed E-state index contributed by atoms with van der Waals surface area (Å²) >= 11 is 0. The number of likely N-dealkylation sites (tertiary alicyclic amines) is 1. The summed E-state index contributed by atoms with van der Waals surface area (Å²) in [4.78, 5) is 14.7. The molecule has 1 aliphatic heterocycles. The van der Waals surface area contributed by atoms with Gasteiger partial charge in [0.1, 0.15) is 5.75 Å². The number of aryl methyl sites for hydroxylation is 1. The first-order valence-electron chi connectivity index (χ1n) is 8.52. The second kappa shape index (κ2) is 7.39. The minimum absolute atomic E-state index is 0.0192. The van der Waals surface area contributed by atoms with E-state index in [2.05, 4.69) is 30.4 Å². The fourth-order valence-electron chi connectivity index (χ4n) is 3.32. The monoisotopic (exact) mass is 324 g/mol. The molecule has 4 nitrogen and oxygen atoms in total. The quantitative estimate of drug-likeness (QED) is 0.891. The smallest absolute Gasteiger partial charge is 0.322 e. The highest BCUT2D eigenvalue weighted by Gasteiger charge is 2.30. The molecule has 0 aromatic heterocycles. The molecule has 0 radical (unpaired) electrons. The number of benzene rings is 2. The van der Waals surface area contributed by atoms with Gasteiger partial charge in [-0.25, -0.2) is 4.79 Å². The van der Waals surface area contributed by atoms with Crippen molar-refractivity contribution in [2.75, 3.05) is 19.0 Å². The summed E-state index contributed by atoms with van der Waals surface area (Å²) < 4.78 is 5.22. The second-order valence-electron chi connectivity index (χ2n) is 6.07. The summed E-state index contributed by atoms with van der Waals surface area (Å²) in [7, 11) is 1.66. The van der Waals surface area contributed by atoms with Crippen LogP contribution in [0.15, 0.2) is 48.5 Å². The largest absolute Gasteiger partial charge is 0.497 e. The number of nitrogens with zero attached hydrogens (tertiary/aromatic N) is 1. The Labute approximate surface area is 143 Å². The predicted molar refractivity (Wildman–Crippen MR) is 96.5 cm³/mol. The van der Waals surface area contributed by atoms with Crippen LogP contribution >= 0.6 is 0 Å². The van der Waals surface area contributed by atoms with Crippen LogP contribution in [0.2, 0.25) is 0 Å². The number of carbonyl (C=O) groups is 1. The lowest BCUT2D eigenvalue weighted by Crippen LogP contribution is -2.34. The number of hydrogen-bond donors (Lipinski definition) is 1. The Kier molecular flexibility index (Phi) is 5.04. The Morgan fingerprint density at radius 1 is 1.21 bits per heavy atom. The van der Waals surface area contributed by atoms with Crippen LogP contribution in [0.25, 0.3) is 0 Å². The molecule has 3 rings (SSSR count). The van der Waals surface area contributed by atoms with Crippen LogP contribution in [0.4, 0.5) is 10.5 Å². The molecule has 1 unspecified atom stereocenters. The molecule has 0 aliphatic carbocycles. The number of rotatable bonds is 4. The molecule has 2 amide bonds.